The maximum Gasteiger partial charge on any atom is 0.0664 e. The van der Waals surface area contributed by atoms with Gasteiger partial charge in [-0.15, -0.1) is 0 Å². The van der Waals surface area contributed by atoms with Gasteiger partial charge in [0.15, 0.2) is 0 Å². The second kappa shape index (κ2) is 7.79. The summed E-state index contributed by atoms with van der Waals surface area (Å²) in [5.41, 5.74) is 0.494. The van der Waals surface area contributed by atoms with Gasteiger partial charge in [0.1, 0.15) is 0 Å². The van der Waals surface area contributed by atoms with Crippen molar-refractivity contribution in [1.29, 1.82) is 0 Å². The van der Waals surface area contributed by atoms with Gasteiger partial charge in [0, 0.05) is 11.5 Å². The van der Waals surface area contributed by atoms with Crippen LogP contribution in [0, 0.1) is 5.41 Å². The molecular weight excluding hydrogens is 246 g/mol. The zero-order valence-corrected chi connectivity index (χ0v) is 13.9. The molecular formula is C18H35NO. The smallest absolute Gasteiger partial charge is 0.0664 e. The van der Waals surface area contributed by atoms with E-state index in [4.69, 9.17) is 4.74 Å². The van der Waals surface area contributed by atoms with Crippen LogP contribution >= 0.6 is 0 Å². The second-order valence-electron chi connectivity index (χ2n) is 7.07. The fourth-order valence-electron chi connectivity index (χ4n) is 4.38. The number of unbranched alkanes of at least 4 members (excludes halogenated alkanes) is 3. The Hall–Kier alpha value is -0.0800. The molecule has 118 valence electrons. The molecule has 2 fully saturated rings. The van der Waals surface area contributed by atoms with Gasteiger partial charge < -0.3 is 10.1 Å². The van der Waals surface area contributed by atoms with Crippen molar-refractivity contribution in [2.75, 3.05) is 6.54 Å². The summed E-state index contributed by atoms with van der Waals surface area (Å²) in [5, 5.41) is 3.70. The lowest BCUT2D eigenvalue weighted by atomic mass is 9.60. The average Bonchev–Trinajstić information content (AvgIpc) is 2.95. The molecule has 0 amide bonds. The average molecular weight is 281 g/mol. The van der Waals surface area contributed by atoms with E-state index < -0.39 is 0 Å². The number of ether oxygens (including phenoxy) is 1. The molecule has 3 atom stereocenters. The zero-order chi connectivity index (χ0) is 14.4. The van der Waals surface area contributed by atoms with Crippen molar-refractivity contribution in [2.45, 2.75) is 103 Å². The van der Waals surface area contributed by atoms with Crippen molar-refractivity contribution in [3.63, 3.8) is 0 Å². The Morgan fingerprint density at radius 3 is 2.55 bits per heavy atom. The van der Waals surface area contributed by atoms with Crippen LogP contribution in [0.25, 0.3) is 0 Å². The molecule has 1 spiro atoms. The number of rotatable bonds is 9. The maximum atomic E-state index is 6.44. The van der Waals surface area contributed by atoms with Crippen LogP contribution in [0.4, 0.5) is 0 Å². The minimum absolute atomic E-state index is 0.455. The number of nitrogens with one attached hydrogen (secondary N) is 1. The van der Waals surface area contributed by atoms with E-state index in [1.807, 2.05) is 0 Å². The molecule has 3 unspecified atom stereocenters. The molecule has 0 aliphatic heterocycles. The summed E-state index contributed by atoms with van der Waals surface area (Å²) in [7, 11) is 0. The lowest BCUT2D eigenvalue weighted by Gasteiger charge is -2.55. The molecule has 2 nitrogen and oxygen atoms in total. The summed E-state index contributed by atoms with van der Waals surface area (Å²) in [4.78, 5) is 0. The summed E-state index contributed by atoms with van der Waals surface area (Å²) >= 11 is 0. The lowest BCUT2D eigenvalue weighted by Crippen LogP contribution is -2.63. The fraction of sp³-hybridized carbons (Fsp3) is 1.00. The van der Waals surface area contributed by atoms with Crippen LogP contribution in [-0.4, -0.2) is 24.8 Å². The van der Waals surface area contributed by atoms with Gasteiger partial charge >= 0.3 is 0 Å². The van der Waals surface area contributed by atoms with E-state index in [2.05, 4.69) is 26.1 Å². The Balaban J connectivity index is 1.75. The van der Waals surface area contributed by atoms with Crippen molar-refractivity contribution in [3.8, 4) is 0 Å². The van der Waals surface area contributed by atoms with E-state index >= 15 is 0 Å². The summed E-state index contributed by atoms with van der Waals surface area (Å²) < 4.78 is 6.44. The van der Waals surface area contributed by atoms with Crippen molar-refractivity contribution in [3.05, 3.63) is 0 Å². The normalized spacial score (nSPS) is 29.6. The van der Waals surface area contributed by atoms with E-state index in [9.17, 15) is 0 Å². The van der Waals surface area contributed by atoms with Gasteiger partial charge in [-0.3, -0.25) is 0 Å². The van der Waals surface area contributed by atoms with Crippen molar-refractivity contribution in [2.24, 2.45) is 5.41 Å². The van der Waals surface area contributed by atoms with Gasteiger partial charge in [-0.05, 0) is 39.2 Å². The molecule has 0 aromatic carbocycles. The highest BCUT2D eigenvalue weighted by Gasteiger charge is 2.56. The molecule has 20 heavy (non-hydrogen) atoms. The summed E-state index contributed by atoms with van der Waals surface area (Å²) in [5.74, 6) is 0. The molecule has 2 aliphatic rings. The van der Waals surface area contributed by atoms with Gasteiger partial charge in [-0.1, -0.05) is 52.4 Å². The standard InChI is InChI=1S/C18H35NO/c1-4-6-7-8-11-15(3)20-17-14-16(19-5-2)18(17)12-9-10-13-18/h15-17,19H,4-14H2,1-3H3. The maximum absolute atomic E-state index is 6.44. The second-order valence-corrected chi connectivity index (χ2v) is 7.07. The van der Waals surface area contributed by atoms with Crippen LogP contribution in [0.5, 0.6) is 0 Å². The van der Waals surface area contributed by atoms with Crippen LogP contribution < -0.4 is 5.32 Å². The highest BCUT2D eigenvalue weighted by atomic mass is 16.5. The van der Waals surface area contributed by atoms with Gasteiger partial charge in [-0.25, -0.2) is 0 Å². The van der Waals surface area contributed by atoms with Crippen molar-refractivity contribution in [1.82, 2.24) is 5.32 Å². The largest absolute Gasteiger partial charge is 0.375 e. The molecule has 0 aromatic rings. The van der Waals surface area contributed by atoms with Crippen LogP contribution in [0.2, 0.25) is 0 Å². The lowest BCUT2D eigenvalue weighted by molar-refractivity contribution is -0.157. The van der Waals surface area contributed by atoms with Crippen molar-refractivity contribution >= 4 is 0 Å². The summed E-state index contributed by atoms with van der Waals surface area (Å²) in [6.07, 6.45) is 14.5. The molecule has 0 heterocycles. The molecule has 2 heteroatoms. The highest BCUT2D eigenvalue weighted by molar-refractivity contribution is 5.10. The quantitative estimate of drug-likeness (QED) is 0.620. The highest BCUT2D eigenvalue weighted by Crippen LogP contribution is 2.55. The number of hydrogen-bond donors (Lipinski definition) is 1. The van der Waals surface area contributed by atoms with Gasteiger partial charge in [0.2, 0.25) is 0 Å². The van der Waals surface area contributed by atoms with E-state index in [0.29, 0.717) is 17.6 Å². The third-order valence-electron chi connectivity index (χ3n) is 5.63. The molecule has 0 bridgehead atoms. The number of hydrogen-bond acceptors (Lipinski definition) is 2. The molecule has 0 radical (unpaired) electrons. The first-order valence-electron chi connectivity index (χ1n) is 9.11. The first kappa shape index (κ1) is 16.3. The first-order valence-corrected chi connectivity index (χ1v) is 9.11. The minimum Gasteiger partial charge on any atom is -0.375 e. The molecule has 0 saturated heterocycles. The molecule has 2 aliphatic carbocycles. The van der Waals surface area contributed by atoms with Crippen LogP contribution in [-0.2, 0) is 4.74 Å². The van der Waals surface area contributed by atoms with Gasteiger partial charge in [-0.2, -0.15) is 0 Å². The molecule has 2 rings (SSSR count). The molecule has 1 N–H and O–H groups in total. The SMILES string of the molecule is CCCCCCC(C)OC1CC(NCC)C12CCCC2. The third-order valence-corrected chi connectivity index (χ3v) is 5.63. The molecule has 0 aromatic heterocycles. The Kier molecular flexibility index (Phi) is 6.35. The van der Waals surface area contributed by atoms with E-state index in [1.54, 1.807) is 0 Å². The Labute approximate surface area is 126 Å². The Morgan fingerprint density at radius 2 is 1.90 bits per heavy atom. The summed E-state index contributed by atoms with van der Waals surface area (Å²) in [6, 6.07) is 0.729. The topological polar surface area (TPSA) is 21.3 Å². The van der Waals surface area contributed by atoms with Gasteiger partial charge in [0.05, 0.1) is 12.2 Å². The predicted octanol–water partition coefficient (Wildman–Crippen LogP) is 4.67. The Bertz CT molecular complexity index is 273. The predicted molar refractivity (Wildman–Crippen MR) is 86.1 cm³/mol. The summed E-state index contributed by atoms with van der Waals surface area (Å²) in [6.45, 7) is 7.90. The van der Waals surface area contributed by atoms with Gasteiger partial charge in [0.25, 0.3) is 0 Å². The fourth-order valence-corrected chi connectivity index (χ4v) is 4.38. The Morgan fingerprint density at radius 1 is 1.15 bits per heavy atom. The van der Waals surface area contributed by atoms with Crippen LogP contribution in [0.3, 0.4) is 0 Å². The van der Waals surface area contributed by atoms with Crippen molar-refractivity contribution < 1.29 is 4.74 Å². The van der Waals surface area contributed by atoms with E-state index in [-0.39, 0.29) is 0 Å². The molecule has 2 saturated carbocycles. The van der Waals surface area contributed by atoms with E-state index in [0.717, 1.165) is 12.6 Å². The van der Waals surface area contributed by atoms with Crippen LogP contribution in [0.1, 0.15) is 85.0 Å². The first-order chi connectivity index (χ1) is 9.73. The van der Waals surface area contributed by atoms with E-state index in [1.165, 1.54) is 64.2 Å². The zero-order valence-electron chi connectivity index (χ0n) is 13.9. The monoisotopic (exact) mass is 281 g/mol. The third kappa shape index (κ3) is 3.57. The van der Waals surface area contributed by atoms with Crippen LogP contribution in [0.15, 0.2) is 0 Å². The minimum atomic E-state index is 0.455.